The smallest absolute Gasteiger partial charge is 0.416 e. The van der Waals surface area contributed by atoms with E-state index in [2.05, 4.69) is 0 Å². The van der Waals surface area contributed by atoms with Gasteiger partial charge in [-0.15, -0.1) is 0 Å². The Morgan fingerprint density at radius 1 is 1.00 bits per heavy atom. The third-order valence-electron chi connectivity index (χ3n) is 4.78. The van der Waals surface area contributed by atoms with Gasteiger partial charge in [-0.05, 0) is 48.9 Å². The number of rotatable bonds is 5. The molecule has 1 heterocycles. The van der Waals surface area contributed by atoms with Crippen LogP contribution in [0.3, 0.4) is 0 Å². The molecule has 3 rings (SSSR count). The van der Waals surface area contributed by atoms with Gasteiger partial charge in [-0.25, -0.2) is 12.8 Å². The highest BCUT2D eigenvalue weighted by Crippen LogP contribution is 2.31. The highest BCUT2D eigenvalue weighted by Gasteiger charge is 2.31. The maximum absolute atomic E-state index is 13.1. The Bertz CT molecular complexity index is 1030. The zero-order chi connectivity index (χ0) is 22.6. The Hall–Kier alpha value is -2.66. The average Bonchev–Trinajstić information content (AvgIpc) is 2.99. The van der Waals surface area contributed by atoms with E-state index in [1.807, 2.05) is 0 Å². The topological polar surface area (TPSA) is 66.9 Å². The molecule has 0 atom stereocenters. The number of hydrogen-bond acceptors (Lipinski definition) is 4. The van der Waals surface area contributed by atoms with E-state index < -0.39 is 40.1 Å². The van der Waals surface area contributed by atoms with Crippen LogP contribution in [0.2, 0.25) is 0 Å². The number of ether oxygens (including phenoxy) is 1. The molecule has 6 nitrogen and oxygen atoms in total. The van der Waals surface area contributed by atoms with Gasteiger partial charge in [-0.2, -0.15) is 17.5 Å². The monoisotopic (exact) mass is 460 g/mol. The molecular weight excluding hydrogens is 440 g/mol. The molecule has 0 N–H and O–H groups in total. The number of hydrogen-bond donors (Lipinski definition) is 0. The van der Waals surface area contributed by atoms with Crippen molar-refractivity contribution in [3.05, 3.63) is 59.9 Å². The molecule has 0 spiro atoms. The number of sulfonamides is 1. The summed E-state index contributed by atoms with van der Waals surface area (Å²) >= 11 is 0. The summed E-state index contributed by atoms with van der Waals surface area (Å²) in [5.74, 6) is -1.09. The van der Waals surface area contributed by atoms with Crippen molar-refractivity contribution in [2.24, 2.45) is 0 Å². The summed E-state index contributed by atoms with van der Waals surface area (Å²) in [7, 11) is -3.83. The van der Waals surface area contributed by atoms with Crippen LogP contribution in [0.1, 0.15) is 12.0 Å². The third kappa shape index (κ3) is 5.73. The predicted octanol–water partition coefficient (Wildman–Crippen LogP) is 3.15. The summed E-state index contributed by atoms with van der Waals surface area (Å²) in [6.07, 6.45) is -4.15. The van der Waals surface area contributed by atoms with Gasteiger partial charge in [0.2, 0.25) is 10.0 Å². The highest BCUT2D eigenvalue weighted by molar-refractivity contribution is 7.89. The minimum absolute atomic E-state index is 0.0367. The average molecular weight is 460 g/mol. The lowest BCUT2D eigenvalue weighted by Gasteiger charge is -2.22. The number of amides is 1. The van der Waals surface area contributed by atoms with E-state index in [1.165, 1.54) is 33.5 Å². The van der Waals surface area contributed by atoms with Crippen molar-refractivity contribution in [3.8, 4) is 5.75 Å². The molecule has 1 aliphatic rings. The molecule has 2 aromatic carbocycles. The van der Waals surface area contributed by atoms with Crippen LogP contribution in [0.15, 0.2) is 53.4 Å². The quantitative estimate of drug-likeness (QED) is 0.643. The van der Waals surface area contributed by atoms with Gasteiger partial charge >= 0.3 is 6.18 Å². The number of carbonyl (C=O) groups is 1. The molecule has 0 radical (unpaired) electrons. The summed E-state index contributed by atoms with van der Waals surface area (Å²) in [5.41, 5.74) is -0.881. The molecule has 2 aromatic rings. The fourth-order valence-corrected chi connectivity index (χ4v) is 4.61. The van der Waals surface area contributed by atoms with Gasteiger partial charge in [0.05, 0.1) is 10.5 Å². The second kappa shape index (κ2) is 9.23. The first-order valence-electron chi connectivity index (χ1n) is 9.41. The number of nitrogens with zero attached hydrogens (tertiary/aromatic N) is 2. The zero-order valence-corrected chi connectivity index (χ0v) is 17.1. The summed E-state index contributed by atoms with van der Waals surface area (Å²) in [5, 5.41) is 0. The molecule has 1 saturated heterocycles. The fraction of sp³-hybridized carbons (Fsp3) is 0.350. The van der Waals surface area contributed by atoms with Gasteiger partial charge in [0.15, 0.2) is 6.61 Å². The maximum Gasteiger partial charge on any atom is 0.416 e. The molecule has 0 unspecified atom stereocenters. The van der Waals surface area contributed by atoms with Crippen molar-refractivity contribution in [1.82, 2.24) is 9.21 Å². The van der Waals surface area contributed by atoms with E-state index in [-0.39, 0.29) is 36.8 Å². The van der Waals surface area contributed by atoms with Crippen molar-refractivity contribution in [3.63, 3.8) is 0 Å². The lowest BCUT2D eigenvalue weighted by Crippen LogP contribution is -2.39. The van der Waals surface area contributed by atoms with E-state index in [9.17, 15) is 30.8 Å². The Balaban J connectivity index is 1.59. The van der Waals surface area contributed by atoms with Crippen LogP contribution < -0.4 is 4.74 Å². The lowest BCUT2D eigenvalue weighted by atomic mass is 10.2. The maximum atomic E-state index is 13.1. The standard InChI is InChI=1S/C20H20F4N2O4S/c21-16-5-7-18(8-6-16)31(28,29)26-10-2-9-25(11-12-26)19(27)14-30-17-4-1-3-15(13-17)20(22,23)24/h1,3-8,13H,2,9-12,14H2. The highest BCUT2D eigenvalue weighted by atomic mass is 32.2. The summed E-state index contributed by atoms with van der Waals surface area (Å²) in [6, 6.07) is 8.71. The number of carbonyl (C=O) groups excluding carboxylic acids is 1. The number of halogens is 4. The van der Waals surface area contributed by atoms with Crippen molar-refractivity contribution in [1.29, 1.82) is 0 Å². The van der Waals surface area contributed by atoms with Crippen molar-refractivity contribution < 1.29 is 35.5 Å². The van der Waals surface area contributed by atoms with E-state index >= 15 is 0 Å². The van der Waals surface area contributed by atoms with E-state index in [1.54, 1.807) is 0 Å². The Morgan fingerprint density at radius 2 is 1.71 bits per heavy atom. The lowest BCUT2D eigenvalue weighted by molar-refractivity contribution is -0.137. The first-order valence-corrected chi connectivity index (χ1v) is 10.8. The molecule has 0 aromatic heterocycles. The van der Waals surface area contributed by atoms with Gasteiger partial charge in [0.1, 0.15) is 11.6 Å². The van der Waals surface area contributed by atoms with Gasteiger partial charge in [-0.3, -0.25) is 4.79 Å². The molecule has 31 heavy (non-hydrogen) atoms. The summed E-state index contributed by atoms with van der Waals surface area (Å²) in [6.45, 7) is 0.129. The fourth-order valence-electron chi connectivity index (χ4n) is 3.14. The zero-order valence-electron chi connectivity index (χ0n) is 16.3. The Kier molecular flexibility index (Phi) is 6.85. The molecule has 1 aliphatic heterocycles. The number of alkyl halides is 3. The molecule has 1 amide bonds. The van der Waals surface area contributed by atoms with Crippen LogP contribution in [0.4, 0.5) is 17.6 Å². The number of benzene rings is 2. The Labute approximate surface area is 177 Å². The van der Waals surface area contributed by atoms with Gasteiger partial charge < -0.3 is 9.64 Å². The molecule has 0 bridgehead atoms. The van der Waals surface area contributed by atoms with E-state index in [0.29, 0.717) is 6.42 Å². The molecular formula is C20H20F4N2O4S. The molecule has 168 valence electrons. The molecule has 1 fully saturated rings. The molecule has 0 aliphatic carbocycles. The van der Waals surface area contributed by atoms with E-state index in [4.69, 9.17) is 4.74 Å². The van der Waals surface area contributed by atoms with Crippen LogP contribution in [-0.2, 0) is 21.0 Å². The van der Waals surface area contributed by atoms with Crippen LogP contribution >= 0.6 is 0 Å². The minimum atomic E-state index is -4.52. The first kappa shape index (κ1) is 23.0. The normalized spacial score (nSPS) is 16.1. The molecule has 0 saturated carbocycles. The van der Waals surface area contributed by atoms with Crippen LogP contribution in [0.25, 0.3) is 0 Å². The van der Waals surface area contributed by atoms with E-state index in [0.717, 1.165) is 24.3 Å². The molecule has 11 heteroatoms. The first-order chi connectivity index (χ1) is 14.6. The van der Waals surface area contributed by atoms with Crippen LogP contribution in [0, 0.1) is 5.82 Å². The second-order valence-electron chi connectivity index (χ2n) is 6.91. The second-order valence-corrected chi connectivity index (χ2v) is 8.84. The van der Waals surface area contributed by atoms with Crippen molar-refractivity contribution in [2.45, 2.75) is 17.5 Å². The van der Waals surface area contributed by atoms with Gasteiger partial charge in [0, 0.05) is 26.2 Å². The third-order valence-corrected chi connectivity index (χ3v) is 6.70. The SMILES string of the molecule is O=C(COc1cccc(C(F)(F)F)c1)N1CCCN(S(=O)(=O)c2ccc(F)cc2)CC1. The van der Waals surface area contributed by atoms with Gasteiger partial charge in [0.25, 0.3) is 5.91 Å². The summed E-state index contributed by atoms with van der Waals surface area (Å²) in [4.78, 5) is 13.8. The minimum Gasteiger partial charge on any atom is -0.484 e. The predicted molar refractivity (Wildman–Crippen MR) is 103 cm³/mol. The van der Waals surface area contributed by atoms with Gasteiger partial charge in [-0.1, -0.05) is 6.07 Å². The van der Waals surface area contributed by atoms with Crippen LogP contribution in [-0.4, -0.2) is 56.3 Å². The largest absolute Gasteiger partial charge is 0.484 e. The van der Waals surface area contributed by atoms with Crippen molar-refractivity contribution in [2.75, 3.05) is 32.8 Å². The Morgan fingerprint density at radius 3 is 2.39 bits per heavy atom. The summed E-state index contributed by atoms with van der Waals surface area (Å²) < 4.78 is 83.3. The van der Waals surface area contributed by atoms with Crippen molar-refractivity contribution >= 4 is 15.9 Å². The van der Waals surface area contributed by atoms with Crippen LogP contribution in [0.5, 0.6) is 5.75 Å².